The van der Waals surface area contributed by atoms with Crippen molar-refractivity contribution in [3.05, 3.63) is 59.7 Å². The van der Waals surface area contributed by atoms with Crippen molar-refractivity contribution >= 4 is 23.2 Å². The molecule has 0 saturated carbocycles. The molecule has 22 heavy (non-hydrogen) atoms. The van der Waals surface area contributed by atoms with Gasteiger partial charge in [-0.05, 0) is 49.2 Å². The SMILES string of the molecule is Cc1cc(C)cc(NC(=O)CC(=O)N(C)c2ccccc2)c1. The van der Waals surface area contributed by atoms with Gasteiger partial charge in [-0.2, -0.15) is 0 Å². The number of hydrogen-bond donors (Lipinski definition) is 1. The first-order valence-electron chi connectivity index (χ1n) is 7.15. The van der Waals surface area contributed by atoms with E-state index < -0.39 is 0 Å². The van der Waals surface area contributed by atoms with E-state index in [1.165, 1.54) is 4.90 Å². The highest BCUT2D eigenvalue weighted by Crippen LogP contribution is 2.15. The van der Waals surface area contributed by atoms with Gasteiger partial charge in [0, 0.05) is 18.4 Å². The maximum absolute atomic E-state index is 12.1. The van der Waals surface area contributed by atoms with Crippen molar-refractivity contribution in [2.45, 2.75) is 20.3 Å². The Morgan fingerprint density at radius 3 is 2.18 bits per heavy atom. The van der Waals surface area contributed by atoms with E-state index in [-0.39, 0.29) is 18.2 Å². The van der Waals surface area contributed by atoms with Crippen molar-refractivity contribution in [3.63, 3.8) is 0 Å². The molecule has 0 fully saturated rings. The summed E-state index contributed by atoms with van der Waals surface area (Å²) >= 11 is 0. The smallest absolute Gasteiger partial charge is 0.236 e. The van der Waals surface area contributed by atoms with Gasteiger partial charge in [0.15, 0.2) is 0 Å². The molecule has 0 unspecified atom stereocenters. The Hall–Kier alpha value is -2.62. The summed E-state index contributed by atoms with van der Waals surface area (Å²) in [6.07, 6.45) is -0.182. The van der Waals surface area contributed by atoms with E-state index in [1.807, 2.05) is 62.4 Å². The first-order valence-corrected chi connectivity index (χ1v) is 7.15. The molecule has 0 aromatic heterocycles. The lowest BCUT2D eigenvalue weighted by Gasteiger charge is -2.17. The van der Waals surface area contributed by atoms with E-state index in [4.69, 9.17) is 0 Å². The Kier molecular flexibility index (Phi) is 4.94. The number of amides is 2. The summed E-state index contributed by atoms with van der Waals surface area (Å²) < 4.78 is 0. The predicted molar refractivity (Wildman–Crippen MR) is 89.0 cm³/mol. The molecule has 0 atom stereocenters. The maximum Gasteiger partial charge on any atom is 0.236 e. The average Bonchev–Trinajstić information content (AvgIpc) is 2.46. The molecule has 4 heteroatoms. The van der Waals surface area contributed by atoms with Crippen LogP contribution in [0.25, 0.3) is 0 Å². The Balaban J connectivity index is 1.98. The second-order valence-electron chi connectivity index (χ2n) is 5.39. The van der Waals surface area contributed by atoms with Gasteiger partial charge in [0.25, 0.3) is 0 Å². The summed E-state index contributed by atoms with van der Waals surface area (Å²) in [7, 11) is 1.67. The van der Waals surface area contributed by atoms with Gasteiger partial charge < -0.3 is 10.2 Å². The average molecular weight is 296 g/mol. The minimum Gasteiger partial charge on any atom is -0.326 e. The van der Waals surface area contributed by atoms with Crippen LogP contribution in [0.5, 0.6) is 0 Å². The highest BCUT2D eigenvalue weighted by Gasteiger charge is 2.15. The number of aryl methyl sites for hydroxylation is 2. The Labute approximate surface area is 130 Å². The zero-order chi connectivity index (χ0) is 16.1. The van der Waals surface area contributed by atoms with Crippen LogP contribution in [-0.2, 0) is 9.59 Å². The third-order valence-corrected chi connectivity index (χ3v) is 3.33. The van der Waals surface area contributed by atoms with E-state index in [0.717, 1.165) is 22.5 Å². The quantitative estimate of drug-likeness (QED) is 0.880. The van der Waals surface area contributed by atoms with Gasteiger partial charge in [-0.3, -0.25) is 9.59 Å². The number of carbonyl (C=O) groups is 2. The molecule has 1 N–H and O–H groups in total. The van der Waals surface area contributed by atoms with E-state index in [2.05, 4.69) is 5.32 Å². The standard InChI is InChI=1S/C18H20N2O2/c1-13-9-14(2)11-15(10-13)19-17(21)12-18(22)20(3)16-7-5-4-6-8-16/h4-11H,12H2,1-3H3,(H,19,21). The zero-order valence-corrected chi connectivity index (χ0v) is 13.1. The third kappa shape index (κ3) is 4.19. The Morgan fingerprint density at radius 1 is 1.00 bits per heavy atom. The number of para-hydroxylation sites is 1. The van der Waals surface area contributed by atoms with E-state index >= 15 is 0 Å². The van der Waals surface area contributed by atoms with Crippen molar-refractivity contribution < 1.29 is 9.59 Å². The number of anilines is 2. The Morgan fingerprint density at radius 2 is 1.59 bits per heavy atom. The molecule has 2 amide bonds. The number of nitrogens with one attached hydrogen (secondary N) is 1. The highest BCUT2D eigenvalue weighted by atomic mass is 16.2. The summed E-state index contributed by atoms with van der Waals surface area (Å²) in [6, 6.07) is 15.1. The number of rotatable bonds is 4. The number of hydrogen-bond acceptors (Lipinski definition) is 2. The van der Waals surface area contributed by atoms with Crippen LogP contribution < -0.4 is 10.2 Å². The second-order valence-corrected chi connectivity index (χ2v) is 5.39. The third-order valence-electron chi connectivity index (χ3n) is 3.33. The zero-order valence-electron chi connectivity index (χ0n) is 13.1. The summed E-state index contributed by atoms with van der Waals surface area (Å²) in [6.45, 7) is 3.94. The molecule has 0 aliphatic rings. The summed E-state index contributed by atoms with van der Waals surface area (Å²) in [5.41, 5.74) is 3.63. The van der Waals surface area contributed by atoms with E-state index in [0.29, 0.717) is 0 Å². The van der Waals surface area contributed by atoms with Crippen molar-refractivity contribution in [2.75, 3.05) is 17.3 Å². The topological polar surface area (TPSA) is 49.4 Å². The summed E-state index contributed by atoms with van der Waals surface area (Å²) in [5.74, 6) is -0.550. The maximum atomic E-state index is 12.1. The normalized spacial score (nSPS) is 10.1. The van der Waals surface area contributed by atoms with Crippen molar-refractivity contribution in [1.82, 2.24) is 0 Å². The van der Waals surface area contributed by atoms with Crippen LogP contribution in [0.4, 0.5) is 11.4 Å². The highest BCUT2D eigenvalue weighted by molar-refractivity contribution is 6.08. The van der Waals surface area contributed by atoms with Crippen LogP contribution in [0.2, 0.25) is 0 Å². The lowest BCUT2D eigenvalue weighted by atomic mass is 10.1. The summed E-state index contributed by atoms with van der Waals surface area (Å²) in [4.78, 5) is 25.7. The first-order chi connectivity index (χ1) is 10.5. The number of nitrogens with zero attached hydrogens (tertiary/aromatic N) is 1. The molecule has 0 bridgehead atoms. The van der Waals surface area contributed by atoms with Crippen molar-refractivity contribution in [2.24, 2.45) is 0 Å². The second kappa shape index (κ2) is 6.89. The lowest BCUT2D eigenvalue weighted by molar-refractivity contribution is -0.125. The van der Waals surface area contributed by atoms with Gasteiger partial charge >= 0.3 is 0 Å². The number of benzene rings is 2. The minimum atomic E-state index is -0.308. The predicted octanol–water partition coefficient (Wildman–Crippen LogP) is 3.30. The van der Waals surface area contributed by atoms with Crippen LogP contribution in [0, 0.1) is 13.8 Å². The fourth-order valence-electron chi connectivity index (χ4n) is 2.30. The van der Waals surface area contributed by atoms with E-state index in [9.17, 15) is 9.59 Å². The largest absolute Gasteiger partial charge is 0.326 e. The van der Waals surface area contributed by atoms with E-state index in [1.54, 1.807) is 7.05 Å². The van der Waals surface area contributed by atoms with Gasteiger partial charge in [0.1, 0.15) is 6.42 Å². The van der Waals surface area contributed by atoms with Crippen molar-refractivity contribution in [3.8, 4) is 0 Å². The van der Waals surface area contributed by atoms with Gasteiger partial charge in [0.05, 0.1) is 0 Å². The molecule has 0 aliphatic carbocycles. The van der Waals surface area contributed by atoms with Crippen LogP contribution in [-0.4, -0.2) is 18.9 Å². The van der Waals surface area contributed by atoms with Gasteiger partial charge in [-0.1, -0.05) is 24.3 Å². The monoisotopic (exact) mass is 296 g/mol. The molecule has 4 nitrogen and oxygen atoms in total. The fourth-order valence-corrected chi connectivity index (χ4v) is 2.30. The Bertz CT molecular complexity index is 660. The molecule has 2 aromatic carbocycles. The van der Waals surface area contributed by atoms with Crippen LogP contribution in [0.1, 0.15) is 17.5 Å². The van der Waals surface area contributed by atoms with Gasteiger partial charge in [0.2, 0.25) is 11.8 Å². The molecule has 0 saturated heterocycles. The molecule has 0 radical (unpaired) electrons. The fraction of sp³-hybridized carbons (Fsp3) is 0.222. The molecule has 0 heterocycles. The molecule has 2 rings (SSSR count). The molecule has 0 aliphatic heterocycles. The van der Waals surface area contributed by atoms with Crippen molar-refractivity contribution in [1.29, 1.82) is 0 Å². The summed E-state index contributed by atoms with van der Waals surface area (Å²) in [5, 5.41) is 2.77. The minimum absolute atomic E-state index is 0.182. The molecular weight excluding hydrogens is 276 g/mol. The van der Waals surface area contributed by atoms with Gasteiger partial charge in [-0.25, -0.2) is 0 Å². The van der Waals surface area contributed by atoms with Crippen LogP contribution >= 0.6 is 0 Å². The first kappa shape index (κ1) is 15.8. The number of carbonyl (C=O) groups excluding carboxylic acids is 2. The molecule has 0 spiro atoms. The van der Waals surface area contributed by atoms with Crippen LogP contribution in [0.3, 0.4) is 0 Å². The van der Waals surface area contributed by atoms with Gasteiger partial charge in [-0.15, -0.1) is 0 Å². The molecule has 114 valence electrons. The van der Waals surface area contributed by atoms with Crippen LogP contribution in [0.15, 0.2) is 48.5 Å². The lowest BCUT2D eigenvalue weighted by Crippen LogP contribution is -2.30. The molecule has 2 aromatic rings. The molecular formula is C18H20N2O2.